The van der Waals surface area contributed by atoms with Gasteiger partial charge in [-0.1, -0.05) is 17.7 Å². The van der Waals surface area contributed by atoms with Crippen molar-refractivity contribution in [1.29, 1.82) is 0 Å². The fourth-order valence-corrected chi connectivity index (χ4v) is 3.72. The first-order chi connectivity index (χ1) is 10.1. The molecule has 0 bridgehead atoms. The molecule has 0 N–H and O–H groups in total. The van der Waals surface area contributed by atoms with E-state index in [2.05, 4.69) is 6.92 Å². The van der Waals surface area contributed by atoms with E-state index in [1.165, 1.54) is 23.1 Å². The van der Waals surface area contributed by atoms with Crippen molar-refractivity contribution in [2.24, 2.45) is 0 Å². The van der Waals surface area contributed by atoms with Gasteiger partial charge in [0.25, 0.3) is 0 Å². The lowest BCUT2D eigenvalue weighted by Crippen LogP contribution is -2.21. The maximum Gasteiger partial charge on any atom is 0.196 e. The van der Waals surface area contributed by atoms with Crippen molar-refractivity contribution in [3.05, 3.63) is 45.5 Å². The number of allylic oxidation sites excluding steroid dienone is 2. The molecule has 0 saturated carbocycles. The van der Waals surface area contributed by atoms with Crippen LogP contribution in [0.5, 0.6) is 0 Å². The van der Waals surface area contributed by atoms with Gasteiger partial charge < -0.3 is 0 Å². The summed E-state index contributed by atoms with van der Waals surface area (Å²) in [6.07, 6.45) is 6.66. The largest absolute Gasteiger partial charge is 0.294 e. The Kier molecular flexibility index (Phi) is 3.79. The summed E-state index contributed by atoms with van der Waals surface area (Å²) < 4.78 is 0. The van der Waals surface area contributed by atoms with Gasteiger partial charge in [0, 0.05) is 12.0 Å². The minimum absolute atomic E-state index is 0.0321. The molecule has 0 aliphatic heterocycles. The molecule has 110 valence electrons. The molecule has 0 amide bonds. The van der Waals surface area contributed by atoms with Crippen LogP contribution in [0.1, 0.15) is 66.1 Å². The average molecular weight is 282 g/mol. The molecule has 1 aromatic carbocycles. The predicted octanol–water partition coefficient (Wildman–Crippen LogP) is 4.13. The second-order valence-electron chi connectivity index (χ2n) is 6.36. The Morgan fingerprint density at radius 1 is 0.905 bits per heavy atom. The Balaban J connectivity index is 2.09. The van der Waals surface area contributed by atoms with Gasteiger partial charge in [-0.3, -0.25) is 9.59 Å². The Bertz CT molecular complexity index is 650. The maximum absolute atomic E-state index is 12.9. The molecular weight excluding hydrogens is 260 g/mol. The highest BCUT2D eigenvalue weighted by molar-refractivity contribution is 6.27. The van der Waals surface area contributed by atoms with Crippen molar-refractivity contribution in [2.45, 2.75) is 58.8 Å². The van der Waals surface area contributed by atoms with Crippen LogP contribution in [-0.4, -0.2) is 11.6 Å². The van der Waals surface area contributed by atoms with Crippen LogP contribution in [-0.2, 0) is 17.6 Å². The first-order valence-electron chi connectivity index (χ1n) is 7.98. The highest BCUT2D eigenvalue weighted by atomic mass is 16.1. The summed E-state index contributed by atoms with van der Waals surface area (Å²) in [6.45, 7) is 4.06. The molecule has 0 unspecified atom stereocenters. The number of aryl methyl sites for hydroxylation is 1. The number of Topliss-reactive ketones (excluding diaryl/α,β-unsaturated/α-hetero) is 2. The molecule has 0 aromatic heterocycles. The van der Waals surface area contributed by atoms with E-state index in [1.807, 2.05) is 19.1 Å². The van der Waals surface area contributed by atoms with Gasteiger partial charge in [0.2, 0.25) is 0 Å². The number of benzene rings is 1. The fraction of sp³-hybridized carbons (Fsp3) is 0.474. The van der Waals surface area contributed by atoms with E-state index in [0.717, 1.165) is 43.2 Å². The van der Waals surface area contributed by atoms with Crippen molar-refractivity contribution in [1.82, 2.24) is 0 Å². The number of ketones is 2. The second kappa shape index (κ2) is 5.59. The highest BCUT2D eigenvalue weighted by Crippen LogP contribution is 2.31. The molecule has 0 radical (unpaired) electrons. The van der Waals surface area contributed by atoms with E-state index in [0.29, 0.717) is 12.0 Å². The van der Waals surface area contributed by atoms with Crippen molar-refractivity contribution in [3.63, 3.8) is 0 Å². The molecule has 2 aliphatic carbocycles. The van der Waals surface area contributed by atoms with Crippen LogP contribution in [0.15, 0.2) is 23.3 Å². The maximum atomic E-state index is 12.9. The van der Waals surface area contributed by atoms with Gasteiger partial charge in [0.1, 0.15) is 0 Å². The van der Waals surface area contributed by atoms with Gasteiger partial charge in [-0.15, -0.1) is 0 Å². The summed E-state index contributed by atoms with van der Waals surface area (Å²) in [5, 5.41) is 0. The van der Waals surface area contributed by atoms with Crippen LogP contribution < -0.4 is 0 Å². The molecule has 3 rings (SSSR count). The molecule has 2 heteroatoms. The third kappa shape index (κ3) is 2.48. The normalized spacial score (nSPS) is 18.7. The lowest BCUT2D eigenvalue weighted by atomic mass is 9.80. The minimum Gasteiger partial charge on any atom is -0.294 e. The summed E-state index contributed by atoms with van der Waals surface area (Å²) in [7, 11) is 0. The smallest absolute Gasteiger partial charge is 0.196 e. The highest BCUT2D eigenvalue weighted by Gasteiger charge is 2.28. The van der Waals surface area contributed by atoms with Gasteiger partial charge in [-0.25, -0.2) is 0 Å². The summed E-state index contributed by atoms with van der Waals surface area (Å²) in [5.74, 6) is 0.00392. The molecule has 2 nitrogen and oxygen atoms in total. The van der Waals surface area contributed by atoms with E-state index < -0.39 is 0 Å². The van der Waals surface area contributed by atoms with Crippen molar-refractivity contribution < 1.29 is 9.59 Å². The summed E-state index contributed by atoms with van der Waals surface area (Å²) >= 11 is 0. The van der Waals surface area contributed by atoms with E-state index in [4.69, 9.17) is 0 Å². The van der Waals surface area contributed by atoms with Crippen molar-refractivity contribution >= 4 is 11.6 Å². The van der Waals surface area contributed by atoms with Crippen LogP contribution in [0.3, 0.4) is 0 Å². The monoisotopic (exact) mass is 282 g/mol. The zero-order valence-corrected chi connectivity index (χ0v) is 12.9. The number of carbonyl (C=O) groups is 2. The quantitative estimate of drug-likeness (QED) is 0.604. The zero-order valence-electron chi connectivity index (χ0n) is 12.9. The predicted molar refractivity (Wildman–Crippen MR) is 83.7 cm³/mol. The third-order valence-electron chi connectivity index (χ3n) is 4.90. The molecular formula is C19H22O2. The summed E-state index contributed by atoms with van der Waals surface area (Å²) in [6, 6.07) is 3.98. The average Bonchev–Trinajstić information content (AvgIpc) is 2.47. The summed E-state index contributed by atoms with van der Waals surface area (Å²) in [4.78, 5) is 25.1. The van der Waals surface area contributed by atoms with Crippen LogP contribution in [0, 0.1) is 6.92 Å². The van der Waals surface area contributed by atoms with Gasteiger partial charge in [0.15, 0.2) is 11.6 Å². The second-order valence-corrected chi connectivity index (χ2v) is 6.36. The fourth-order valence-electron chi connectivity index (χ4n) is 3.72. The number of hydrogen-bond donors (Lipinski definition) is 0. The molecule has 0 fully saturated rings. The molecule has 2 aliphatic rings. The lowest BCUT2D eigenvalue weighted by Gasteiger charge is -2.23. The topological polar surface area (TPSA) is 34.1 Å². The molecule has 21 heavy (non-hydrogen) atoms. The molecule has 0 spiro atoms. The number of carbonyl (C=O) groups excluding carboxylic acids is 2. The Hall–Kier alpha value is -1.70. The first-order valence-corrected chi connectivity index (χ1v) is 7.98. The number of fused-ring (bicyclic) bond motifs is 1. The lowest BCUT2D eigenvalue weighted by molar-refractivity contribution is -0.115. The van der Waals surface area contributed by atoms with E-state index in [9.17, 15) is 9.59 Å². The van der Waals surface area contributed by atoms with E-state index in [-0.39, 0.29) is 11.6 Å². The molecule has 0 saturated heterocycles. The number of hydrogen-bond acceptors (Lipinski definition) is 2. The molecule has 1 aromatic rings. The Morgan fingerprint density at radius 3 is 2.33 bits per heavy atom. The van der Waals surface area contributed by atoms with Gasteiger partial charge in [-0.05, 0) is 69.1 Å². The Labute approximate surface area is 126 Å². The van der Waals surface area contributed by atoms with Crippen LogP contribution in [0.2, 0.25) is 0 Å². The third-order valence-corrected chi connectivity index (χ3v) is 4.90. The van der Waals surface area contributed by atoms with Crippen molar-refractivity contribution in [2.75, 3.05) is 0 Å². The zero-order chi connectivity index (χ0) is 15.0. The van der Waals surface area contributed by atoms with E-state index >= 15 is 0 Å². The molecule has 0 atom stereocenters. The van der Waals surface area contributed by atoms with Gasteiger partial charge >= 0.3 is 0 Å². The summed E-state index contributed by atoms with van der Waals surface area (Å²) in [5.41, 5.74) is 6.04. The molecule has 0 heterocycles. The van der Waals surface area contributed by atoms with Gasteiger partial charge in [0.05, 0.1) is 5.57 Å². The van der Waals surface area contributed by atoms with Crippen LogP contribution >= 0.6 is 0 Å². The van der Waals surface area contributed by atoms with Gasteiger partial charge in [-0.2, -0.15) is 0 Å². The first kappa shape index (κ1) is 14.2. The standard InChI is InChI=1S/C19H22O2/c1-12-10-11-16(15-8-4-3-7-14(12)15)19(21)18-13(2)6-5-9-17(18)20/h10-11H,3-9H2,1-2H3. The van der Waals surface area contributed by atoms with Crippen molar-refractivity contribution in [3.8, 4) is 0 Å². The van der Waals surface area contributed by atoms with E-state index in [1.54, 1.807) is 0 Å². The minimum atomic E-state index is -0.0321. The number of rotatable bonds is 2. The van der Waals surface area contributed by atoms with Crippen LogP contribution in [0.25, 0.3) is 0 Å². The van der Waals surface area contributed by atoms with Crippen LogP contribution in [0.4, 0.5) is 0 Å². The SMILES string of the molecule is CC1=C(C(=O)c2ccc(C)c3c2CCCC3)C(=O)CCC1. The Morgan fingerprint density at radius 2 is 1.62 bits per heavy atom.